The van der Waals surface area contributed by atoms with E-state index in [0.29, 0.717) is 0 Å². The van der Waals surface area contributed by atoms with Crippen LogP contribution in [0.15, 0.2) is 29.3 Å². The molecular formula is C16H28IN3OS. The first-order valence-corrected chi connectivity index (χ1v) is 8.78. The third kappa shape index (κ3) is 10.2. The number of guanidine groups is 1. The molecule has 1 aromatic rings. The summed E-state index contributed by atoms with van der Waals surface area (Å²) in [5, 5.41) is 6.59. The first-order chi connectivity index (χ1) is 10.3. The number of hydrogen-bond acceptors (Lipinski definition) is 3. The number of aryl methyl sites for hydroxylation is 1. The molecule has 0 aromatic heterocycles. The number of unbranched alkanes of at least 4 members (excludes halogenated alkanes) is 1. The summed E-state index contributed by atoms with van der Waals surface area (Å²) in [6.07, 6.45) is 4.20. The Morgan fingerprint density at radius 2 is 1.82 bits per heavy atom. The number of hydrogen-bond donors (Lipinski definition) is 2. The van der Waals surface area contributed by atoms with Crippen LogP contribution in [-0.2, 0) is 0 Å². The van der Waals surface area contributed by atoms with Gasteiger partial charge in [-0.05, 0) is 38.2 Å². The minimum atomic E-state index is 0. The zero-order valence-corrected chi connectivity index (χ0v) is 16.9. The van der Waals surface area contributed by atoms with Crippen LogP contribution >= 0.6 is 35.7 Å². The average molecular weight is 437 g/mol. The number of halogens is 1. The van der Waals surface area contributed by atoms with Crippen molar-refractivity contribution in [1.29, 1.82) is 0 Å². The van der Waals surface area contributed by atoms with E-state index >= 15 is 0 Å². The number of rotatable bonds is 9. The van der Waals surface area contributed by atoms with Gasteiger partial charge < -0.3 is 15.4 Å². The highest BCUT2D eigenvalue weighted by Crippen LogP contribution is 2.11. The van der Waals surface area contributed by atoms with Crippen LogP contribution in [0.5, 0.6) is 5.75 Å². The Morgan fingerprint density at radius 3 is 2.45 bits per heavy atom. The summed E-state index contributed by atoms with van der Waals surface area (Å²) in [5.74, 6) is 2.91. The summed E-state index contributed by atoms with van der Waals surface area (Å²) in [5.41, 5.74) is 1.26. The van der Waals surface area contributed by atoms with E-state index in [-0.39, 0.29) is 24.0 Å². The van der Waals surface area contributed by atoms with E-state index in [2.05, 4.69) is 40.9 Å². The van der Waals surface area contributed by atoms with Crippen LogP contribution in [0.1, 0.15) is 18.4 Å². The van der Waals surface area contributed by atoms with Crippen LogP contribution in [0.3, 0.4) is 0 Å². The zero-order chi connectivity index (χ0) is 15.3. The Morgan fingerprint density at radius 1 is 1.14 bits per heavy atom. The van der Waals surface area contributed by atoms with Gasteiger partial charge in [-0.25, -0.2) is 0 Å². The van der Waals surface area contributed by atoms with Crippen LogP contribution in [0.2, 0.25) is 0 Å². The smallest absolute Gasteiger partial charge is 0.191 e. The Kier molecular flexibility index (Phi) is 13.6. The highest BCUT2D eigenvalue weighted by atomic mass is 127. The number of nitrogens with zero attached hydrogens (tertiary/aromatic N) is 1. The first kappa shape index (κ1) is 21.4. The van der Waals surface area contributed by atoms with Crippen molar-refractivity contribution in [2.24, 2.45) is 4.99 Å². The number of nitrogens with one attached hydrogen (secondary N) is 2. The largest absolute Gasteiger partial charge is 0.494 e. The molecular weight excluding hydrogens is 409 g/mol. The van der Waals surface area contributed by atoms with Gasteiger partial charge in [-0.1, -0.05) is 17.7 Å². The highest BCUT2D eigenvalue weighted by molar-refractivity contribution is 14.0. The maximum Gasteiger partial charge on any atom is 0.191 e. The predicted octanol–water partition coefficient (Wildman–Crippen LogP) is 3.30. The van der Waals surface area contributed by atoms with Crippen LogP contribution in [0.25, 0.3) is 0 Å². The molecule has 1 rings (SSSR count). The van der Waals surface area contributed by atoms with E-state index < -0.39 is 0 Å². The van der Waals surface area contributed by atoms with Gasteiger partial charge >= 0.3 is 0 Å². The molecule has 0 saturated heterocycles. The van der Waals surface area contributed by atoms with Crippen LogP contribution in [0.4, 0.5) is 0 Å². The molecule has 0 aliphatic rings. The van der Waals surface area contributed by atoms with Gasteiger partial charge in [0.1, 0.15) is 5.75 Å². The van der Waals surface area contributed by atoms with Gasteiger partial charge in [0.15, 0.2) is 5.96 Å². The van der Waals surface area contributed by atoms with E-state index in [1.54, 1.807) is 7.05 Å². The molecule has 0 spiro atoms. The van der Waals surface area contributed by atoms with Gasteiger partial charge in [-0.15, -0.1) is 24.0 Å². The zero-order valence-electron chi connectivity index (χ0n) is 13.7. The summed E-state index contributed by atoms with van der Waals surface area (Å²) in [6, 6.07) is 8.18. The summed E-state index contributed by atoms with van der Waals surface area (Å²) in [7, 11) is 1.80. The molecule has 0 unspecified atom stereocenters. The summed E-state index contributed by atoms with van der Waals surface area (Å²) in [6.45, 7) is 4.69. The van der Waals surface area contributed by atoms with Gasteiger partial charge in [0, 0.05) is 25.9 Å². The number of ether oxygens (including phenoxy) is 1. The molecule has 4 nitrogen and oxygen atoms in total. The van der Waals surface area contributed by atoms with Crippen molar-refractivity contribution in [2.75, 3.05) is 38.8 Å². The number of benzene rings is 1. The van der Waals surface area contributed by atoms with Crippen LogP contribution < -0.4 is 15.4 Å². The monoisotopic (exact) mass is 437 g/mol. The predicted molar refractivity (Wildman–Crippen MR) is 109 cm³/mol. The van der Waals surface area contributed by atoms with Gasteiger partial charge in [-0.3, -0.25) is 4.99 Å². The lowest BCUT2D eigenvalue weighted by Crippen LogP contribution is -2.38. The second-order valence-electron chi connectivity index (χ2n) is 4.79. The van der Waals surface area contributed by atoms with Crippen molar-refractivity contribution in [1.82, 2.24) is 10.6 Å². The Bertz CT molecular complexity index is 412. The van der Waals surface area contributed by atoms with E-state index in [4.69, 9.17) is 4.74 Å². The molecule has 126 valence electrons. The van der Waals surface area contributed by atoms with Gasteiger partial charge in [0.2, 0.25) is 0 Å². The summed E-state index contributed by atoms with van der Waals surface area (Å²) in [4.78, 5) is 4.19. The summed E-state index contributed by atoms with van der Waals surface area (Å²) >= 11 is 1.83. The second kappa shape index (κ2) is 14.0. The lowest BCUT2D eigenvalue weighted by molar-refractivity contribution is 0.307. The Balaban J connectivity index is 0.00000441. The maximum absolute atomic E-state index is 5.70. The minimum absolute atomic E-state index is 0. The average Bonchev–Trinajstić information content (AvgIpc) is 2.50. The van der Waals surface area contributed by atoms with Crippen molar-refractivity contribution < 1.29 is 4.74 Å². The fraction of sp³-hybridized carbons (Fsp3) is 0.562. The van der Waals surface area contributed by atoms with E-state index in [1.165, 1.54) is 5.56 Å². The molecule has 1 aromatic carbocycles. The molecule has 0 fully saturated rings. The van der Waals surface area contributed by atoms with Gasteiger partial charge in [-0.2, -0.15) is 11.8 Å². The first-order valence-electron chi connectivity index (χ1n) is 7.39. The maximum atomic E-state index is 5.70. The molecule has 0 aliphatic heterocycles. The number of aliphatic imine (C=N–C) groups is 1. The molecule has 0 radical (unpaired) electrons. The third-order valence-electron chi connectivity index (χ3n) is 2.98. The molecule has 6 heteroatoms. The van der Waals surface area contributed by atoms with Crippen molar-refractivity contribution in [3.05, 3.63) is 29.8 Å². The fourth-order valence-corrected chi connectivity index (χ4v) is 2.06. The molecule has 0 atom stereocenters. The Hall–Kier alpha value is -0.630. The van der Waals surface area contributed by atoms with E-state index in [9.17, 15) is 0 Å². The molecule has 0 amide bonds. The lowest BCUT2D eigenvalue weighted by Gasteiger charge is -2.11. The second-order valence-corrected chi connectivity index (χ2v) is 5.77. The normalized spacial score (nSPS) is 10.8. The summed E-state index contributed by atoms with van der Waals surface area (Å²) < 4.78 is 5.70. The minimum Gasteiger partial charge on any atom is -0.494 e. The number of thioether (sulfide) groups is 1. The van der Waals surface area contributed by atoms with E-state index in [1.807, 2.05) is 23.9 Å². The topological polar surface area (TPSA) is 45.7 Å². The van der Waals surface area contributed by atoms with Crippen LogP contribution in [-0.4, -0.2) is 44.7 Å². The third-order valence-corrected chi connectivity index (χ3v) is 3.59. The van der Waals surface area contributed by atoms with Crippen LogP contribution in [0, 0.1) is 6.92 Å². The molecule has 0 aliphatic carbocycles. The quantitative estimate of drug-likeness (QED) is 0.269. The Labute approximate surface area is 155 Å². The fourth-order valence-electron chi connectivity index (χ4n) is 1.75. The van der Waals surface area contributed by atoms with Gasteiger partial charge in [0.25, 0.3) is 0 Å². The lowest BCUT2D eigenvalue weighted by atomic mass is 10.2. The molecule has 0 saturated carbocycles. The van der Waals surface area contributed by atoms with Crippen molar-refractivity contribution >= 4 is 41.7 Å². The molecule has 0 bridgehead atoms. The van der Waals surface area contributed by atoms with Crippen molar-refractivity contribution in [2.45, 2.75) is 19.8 Å². The molecule has 22 heavy (non-hydrogen) atoms. The molecule has 2 N–H and O–H groups in total. The standard InChI is InChI=1S/C16H27N3OS.HI/c1-14-6-8-15(9-7-14)20-12-5-4-10-18-16(17-2)19-11-13-21-3;/h6-9H,4-5,10-13H2,1-3H3,(H2,17,18,19);1H. The molecule has 0 heterocycles. The van der Waals surface area contributed by atoms with E-state index in [0.717, 1.165) is 50.0 Å². The van der Waals surface area contributed by atoms with Crippen molar-refractivity contribution in [3.63, 3.8) is 0 Å². The van der Waals surface area contributed by atoms with Crippen molar-refractivity contribution in [3.8, 4) is 5.75 Å². The SMILES string of the molecule is CN=C(NCCCCOc1ccc(C)cc1)NCCSC.I. The highest BCUT2D eigenvalue weighted by Gasteiger charge is 1.97. The van der Waals surface area contributed by atoms with Gasteiger partial charge in [0.05, 0.1) is 6.61 Å².